The number of likely N-dealkylation sites (tertiary alicyclic amines) is 1. The number of hydrogen-bond donors (Lipinski definition) is 0. The van der Waals surface area contributed by atoms with Gasteiger partial charge >= 0.3 is 0 Å². The summed E-state index contributed by atoms with van der Waals surface area (Å²) in [6.07, 6.45) is 0. The van der Waals surface area contributed by atoms with Crippen LogP contribution >= 0.6 is 27.3 Å². The molecule has 214 valence electrons. The smallest absolute Gasteiger partial charge is 0.280 e. The summed E-state index contributed by atoms with van der Waals surface area (Å²) in [6, 6.07) is 35.5. The van der Waals surface area contributed by atoms with Gasteiger partial charge < -0.3 is 0 Å². The molecule has 0 aliphatic carbocycles. The zero-order valence-electron chi connectivity index (χ0n) is 23.0. The van der Waals surface area contributed by atoms with Gasteiger partial charge in [-0.3, -0.25) is 24.6 Å². The number of nitro benzene ring substituents is 1. The summed E-state index contributed by atoms with van der Waals surface area (Å²) in [5, 5.41) is 14.1. The Morgan fingerprint density at radius 3 is 2.12 bits per heavy atom. The fraction of sp³-hybridized carbons (Fsp3) is 0.143. The van der Waals surface area contributed by atoms with Crippen molar-refractivity contribution in [3.05, 3.63) is 168 Å². The third-order valence-corrected chi connectivity index (χ3v) is 9.78. The van der Waals surface area contributed by atoms with Crippen molar-refractivity contribution >= 4 is 44.5 Å². The van der Waals surface area contributed by atoms with Crippen molar-refractivity contribution in [1.29, 1.82) is 0 Å². The van der Waals surface area contributed by atoms with Crippen LogP contribution in [0.2, 0.25) is 0 Å². The van der Waals surface area contributed by atoms with Gasteiger partial charge in [0.25, 0.3) is 5.69 Å². The van der Waals surface area contributed by atoms with Crippen LogP contribution in [0.3, 0.4) is 0 Å². The molecule has 5 aromatic rings. The molecule has 6 rings (SSSR count). The number of carbonyl (C=O) groups is 2. The summed E-state index contributed by atoms with van der Waals surface area (Å²) in [6.45, 7) is 0.401. The van der Waals surface area contributed by atoms with Crippen LogP contribution in [0.5, 0.6) is 0 Å². The Kier molecular flexibility index (Phi) is 8.42. The number of halogens is 1. The molecule has 43 heavy (non-hydrogen) atoms. The largest absolute Gasteiger partial charge is 0.293 e. The highest BCUT2D eigenvalue weighted by molar-refractivity contribution is 9.10. The van der Waals surface area contributed by atoms with E-state index in [1.807, 2.05) is 90.3 Å². The van der Waals surface area contributed by atoms with Gasteiger partial charge in [-0.05, 0) is 34.7 Å². The molecular weight excluding hydrogens is 624 g/mol. The maximum atomic E-state index is 14.8. The van der Waals surface area contributed by atoms with Gasteiger partial charge in [0.1, 0.15) is 0 Å². The Labute approximate surface area is 261 Å². The van der Waals surface area contributed by atoms with E-state index in [-0.39, 0.29) is 23.1 Å². The second-order valence-electron chi connectivity index (χ2n) is 10.5. The molecule has 6 nitrogen and oxygen atoms in total. The van der Waals surface area contributed by atoms with Crippen molar-refractivity contribution < 1.29 is 14.5 Å². The van der Waals surface area contributed by atoms with Crippen molar-refractivity contribution in [3.63, 3.8) is 0 Å². The number of hydrogen-bond acceptors (Lipinski definition) is 6. The zero-order chi connectivity index (χ0) is 29.9. The van der Waals surface area contributed by atoms with Crippen LogP contribution in [0.15, 0.2) is 131 Å². The average Bonchev–Trinajstić information content (AvgIpc) is 3.68. The minimum absolute atomic E-state index is 0.0114. The van der Waals surface area contributed by atoms with Crippen LogP contribution in [0, 0.1) is 16.0 Å². The van der Waals surface area contributed by atoms with Crippen LogP contribution in [0.25, 0.3) is 0 Å². The van der Waals surface area contributed by atoms with E-state index < -0.39 is 28.6 Å². The fourth-order valence-electron chi connectivity index (χ4n) is 6.28. The molecule has 1 aromatic heterocycles. The molecular formula is C35H27BrN2O4S. The van der Waals surface area contributed by atoms with E-state index in [0.717, 1.165) is 20.5 Å². The molecule has 0 bridgehead atoms. The maximum Gasteiger partial charge on any atom is 0.280 e. The van der Waals surface area contributed by atoms with Gasteiger partial charge in [0.2, 0.25) is 0 Å². The number of para-hydroxylation sites is 1. The van der Waals surface area contributed by atoms with Crippen LogP contribution in [0.4, 0.5) is 5.69 Å². The van der Waals surface area contributed by atoms with Crippen molar-refractivity contribution in [2.75, 3.05) is 0 Å². The molecule has 4 atom stereocenters. The molecule has 1 saturated heterocycles. The first-order chi connectivity index (χ1) is 21.0. The first-order valence-corrected chi connectivity index (χ1v) is 15.6. The molecule has 1 aliphatic rings. The Morgan fingerprint density at radius 2 is 1.44 bits per heavy atom. The Hall–Kier alpha value is -4.24. The predicted molar refractivity (Wildman–Crippen MR) is 171 cm³/mol. The Balaban J connectivity index is 1.63. The number of rotatable bonds is 9. The lowest BCUT2D eigenvalue weighted by molar-refractivity contribution is -0.385. The fourth-order valence-corrected chi connectivity index (χ4v) is 7.71. The van der Waals surface area contributed by atoms with Crippen LogP contribution in [0.1, 0.15) is 48.7 Å². The SMILES string of the molecule is O=C(c1ccccc1[N+](=O)[O-])[C@@H]1[C@@H](c2cccs2)[C@H](c2ccccc2Br)N(Cc2ccccc2)[C@H]1C(=O)c1ccccc1. The summed E-state index contributed by atoms with van der Waals surface area (Å²) in [5.41, 5.74) is 2.18. The number of thiophene rings is 1. The van der Waals surface area contributed by atoms with E-state index in [2.05, 4.69) is 20.8 Å². The van der Waals surface area contributed by atoms with E-state index in [0.29, 0.717) is 12.1 Å². The van der Waals surface area contributed by atoms with Gasteiger partial charge in [-0.2, -0.15) is 0 Å². The monoisotopic (exact) mass is 650 g/mol. The summed E-state index contributed by atoms with van der Waals surface area (Å²) < 4.78 is 0.865. The van der Waals surface area contributed by atoms with E-state index in [4.69, 9.17) is 0 Å². The van der Waals surface area contributed by atoms with E-state index >= 15 is 0 Å². The molecule has 4 aromatic carbocycles. The normalized spacial score (nSPS) is 20.1. The van der Waals surface area contributed by atoms with Gasteiger partial charge in [0.15, 0.2) is 11.6 Å². The lowest BCUT2D eigenvalue weighted by Crippen LogP contribution is -2.42. The first kappa shape index (κ1) is 28.9. The molecule has 0 saturated carbocycles. The second kappa shape index (κ2) is 12.6. The average molecular weight is 652 g/mol. The Morgan fingerprint density at radius 1 is 0.791 bits per heavy atom. The zero-order valence-corrected chi connectivity index (χ0v) is 25.4. The first-order valence-electron chi connectivity index (χ1n) is 13.9. The number of carbonyl (C=O) groups excluding carboxylic acids is 2. The molecule has 0 N–H and O–H groups in total. The summed E-state index contributed by atoms with van der Waals surface area (Å²) in [7, 11) is 0. The summed E-state index contributed by atoms with van der Waals surface area (Å²) in [4.78, 5) is 44.1. The highest BCUT2D eigenvalue weighted by atomic mass is 79.9. The number of ketones is 2. The molecule has 0 radical (unpaired) electrons. The van der Waals surface area contributed by atoms with E-state index in [1.54, 1.807) is 24.3 Å². The Bertz CT molecular complexity index is 1760. The summed E-state index contributed by atoms with van der Waals surface area (Å²) >= 11 is 5.29. The van der Waals surface area contributed by atoms with Crippen LogP contribution in [-0.4, -0.2) is 27.4 Å². The van der Waals surface area contributed by atoms with Crippen molar-refractivity contribution in [2.24, 2.45) is 5.92 Å². The minimum atomic E-state index is -0.895. The quantitative estimate of drug-likeness (QED) is 0.0907. The van der Waals surface area contributed by atoms with Crippen molar-refractivity contribution in [2.45, 2.75) is 24.5 Å². The molecule has 1 aliphatic heterocycles. The van der Waals surface area contributed by atoms with Crippen molar-refractivity contribution in [3.8, 4) is 0 Å². The predicted octanol–water partition coefficient (Wildman–Crippen LogP) is 8.51. The number of benzene rings is 4. The molecule has 0 unspecified atom stereocenters. The number of nitrogens with zero attached hydrogens (tertiary/aromatic N) is 2. The number of nitro groups is 1. The summed E-state index contributed by atoms with van der Waals surface area (Å²) in [5.74, 6) is -1.95. The van der Waals surface area contributed by atoms with E-state index in [1.165, 1.54) is 23.5 Å². The lowest BCUT2D eigenvalue weighted by Gasteiger charge is -2.32. The molecule has 0 amide bonds. The molecule has 2 heterocycles. The van der Waals surface area contributed by atoms with Crippen molar-refractivity contribution in [1.82, 2.24) is 4.90 Å². The van der Waals surface area contributed by atoms with E-state index in [9.17, 15) is 19.7 Å². The van der Waals surface area contributed by atoms with Gasteiger partial charge in [-0.1, -0.05) is 113 Å². The minimum Gasteiger partial charge on any atom is -0.293 e. The van der Waals surface area contributed by atoms with Gasteiger partial charge in [0.05, 0.1) is 22.4 Å². The van der Waals surface area contributed by atoms with Gasteiger partial charge in [-0.25, -0.2) is 0 Å². The lowest BCUT2D eigenvalue weighted by atomic mass is 9.77. The second-order valence-corrected chi connectivity index (χ2v) is 12.3. The third-order valence-electron chi connectivity index (χ3n) is 8.08. The maximum absolute atomic E-state index is 14.8. The highest BCUT2D eigenvalue weighted by Gasteiger charge is 2.56. The third kappa shape index (κ3) is 5.61. The van der Waals surface area contributed by atoms with Crippen LogP contribution < -0.4 is 0 Å². The molecule has 1 fully saturated rings. The standard InChI is InChI=1S/C35H27BrN2O4S/c36-27-18-9-7-16-25(27)32-30(29-20-11-21-43-29)31(35(40)26-17-8-10-19-28(26)38(41)42)33(34(39)24-14-5-2-6-15-24)37(32)22-23-12-3-1-4-13-23/h1-21,30-33H,22H2/t30-,31-,32+,33-/m1/s1. The molecule has 8 heteroatoms. The molecule has 0 spiro atoms. The van der Waals surface area contributed by atoms with Gasteiger partial charge in [-0.15, -0.1) is 11.3 Å². The number of Topliss-reactive ketones (excluding diaryl/α,β-unsaturated/α-hetero) is 2. The highest BCUT2D eigenvalue weighted by Crippen LogP contribution is 2.55. The topological polar surface area (TPSA) is 80.5 Å². The van der Waals surface area contributed by atoms with Gasteiger partial charge in [0, 0.05) is 39.5 Å². The van der Waals surface area contributed by atoms with Crippen LogP contribution in [-0.2, 0) is 6.54 Å².